The number of aromatic nitrogens is 2. The molecule has 0 unspecified atom stereocenters. The normalized spacial score (nSPS) is 20.4. The van der Waals surface area contributed by atoms with Crippen LogP contribution in [0.5, 0.6) is 0 Å². The van der Waals surface area contributed by atoms with Crippen molar-refractivity contribution in [3.8, 4) is 5.69 Å². The smallest absolute Gasteiger partial charge is 0.255 e. The number of carbonyl (C=O) groups excluding carboxylic acids is 2. The molecule has 10 heteroatoms. The van der Waals surface area contributed by atoms with Crippen LogP contribution >= 0.6 is 11.6 Å². The van der Waals surface area contributed by atoms with Crippen LogP contribution in [0, 0.1) is 12.7 Å². The maximum absolute atomic E-state index is 14.6. The van der Waals surface area contributed by atoms with Gasteiger partial charge in [0.25, 0.3) is 5.91 Å². The van der Waals surface area contributed by atoms with Gasteiger partial charge in [0.1, 0.15) is 11.7 Å². The first-order valence-corrected chi connectivity index (χ1v) is 13.5. The number of halogens is 2. The molecule has 2 aromatic carbocycles. The fourth-order valence-electron chi connectivity index (χ4n) is 5.24. The van der Waals surface area contributed by atoms with Crippen molar-refractivity contribution < 1.29 is 14.0 Å². The van der Waals surface area contributed by atoms with E-state index in [0.717, 1.165) is 50.0 Å². The lowest BCUT2D eigenvalue weighted by Gasteiger charge is -2.37. The molecule has 1 saturated heterocycles. The van der Waals surface area contributed by atoms with Crippen LogP contribution in [0.25, 0.3) is 5.69 Å². The highest BCUT2D eigenvalue weighted by molar-refractivity contribution is 6.30. The lowest BCUT2D eigenvalue weighted by atomic mass is 9.98. The number of hydrogen-bond donors (Lipinski definition) is 3. The molecule has 0 saturated carbocycles. The van der Waals surface area contributed by atoms with E-state index < -0.39 is 5.82 Å². The van der Waals surface area contributed by atoms with Gasteiger partial charge in [-0.2, -0.15) is 5.10 Å². The molecule has 3 N–H and O–H groups in total. The predicted molar refractivity (Wildman–Crippen MR) is 145 cm³/mol. The SMILES string of the molecule is Cc1c(C(=O)N[C@H]2CCCCCNC(=O)[C@H]3CNCCN3c3cccc2c3)cnn1-c1cccc(Cl)c1F. The van der Waals surface area contributed by atoms with E-state index in [4.69, 9.17) is 11.6 Å². The number of benzene rings is 2. The third kappa shape index (κ3) is 5.39. The van der Waals surface area contributed by atoms with Crippen LogP contribution in [0.4, 0.5) is 10.1 Å². The van der Waals surface area contributed by atoms with Crippen molar-refractivity contribution in [3.63, 3.8) is 0 Å². The van der Waals surface area contributed by atoms with Crippen molar-refractivity contribution in [1.29, 1.82) is 0 Å². The van der Waals surface area contributed by atoms with Crippen molar-refractivity contribution in [2.45, 2.75) is 44.7 Å². The molecule has 1 aromatic heterocycles. The van der Waals surface area contributed by atoms with E-state index in [1.807, 2.05) is 18.2 Å². The highest BCUT2D eigenvalue weighted by atomic mass is 35.5. The number of piperazine rings is 1. The Balaban J connectivity index is 1.42. The van der Waals surface area contributed by atoms with Gasteiger partial charge in [-0.25, -0.2) is 9.07 Å². The van der Waals surface area contributed by atoms with E-state index in [2.05, 4.69) is 32.0 Å². The van der Waals surface area contributed by atoms with Gasteiger partial charge in [0.05, 0.1) is 28.5 Å². The third-order valence-corrected chi connectivity index (χ3v) is 7.63. The molecule has 1 fully saturated rings. The zero-order valence-electron chi connectivity index (χ0n) is 21.3. The monoisotopic (exact) mass is 538 g/mol. The third-order valence-electron chi connectivity index (χ3n) is 7.34. The van der Waals surface area contributed by atoms with Crippen LogP contribution in [0.15, 0.2) is 48.7 Å². The number of fused-ring (bicyclic) bond motifs is 4. The molecule has 3 aromatic rings. The molecule has 3 heterocycles. The van der Waals surface area contributed by atoms with Crippen LogP contribution in [0.2, 0.25) is 5.02 Å². The second-order valence-corrected chi connectivity index (χ2v) is 10.2. The standard InChI is InChI=1S/C28H32ClFN6O2/c1-18-21(16-33-36(18)24-11-6-9-22(29)26(24)30)27(37)34-23-10-3-2-4-12-32-28(38)25-17-31-13-14-35(25)20-8-5-7-19(23)15-20/h5-9,11,15-16,23,25,31H,2-4,10,12-14,17H2,1H3,(H,32,38)(H,34,37)/t23-,25+/m0/s1. The van der Waals surface area contributed by atoms with Crippen LogP contribution in [0.1, 0.15) is 53.3 Å². The largest absolute Gasteiger partial charge is 0.357 e. The van der Waals surface area contributed by atoms with Gasteiger partial charge >= 0.3 is 0 Å². The predicted octanol–water partition coefficient (Wildman–Crippen LogP) is 3.91. The Morgan fingerprint density at radius 2 is 2.00 bits per heavy atom. The Morgan fingerprint density at radius 1 is 1.16 bits per heavy atom. The van der Waals surface area contributed by atoms with E-state index in [1.54, 1.807) is 19.1 Å². The molecule has 200 valence electrons. The average Bonchev–Trinajstić information content (AvgIpc) is 3.32. The summed E-state index contributed by atoms with van der Waals surface area (Å²) in [5.74, 6) is -0.818. The Labute approximate surface area is 226 Å². The number of rotatable bonds is 3. The molecule has 38 heavy (non-hydrogen) atoms. The minimum Gasteiger partial charge on any atom is -0.357 e. The van der Waals surface area contributed by atoms with Gasteiger partial charge in [0.2, 0.25) is 5.91 Å². The van der Waals surface area contributed by atoms with Crippen molar-refractivity contribution in [3.05, 3.63) is 76.3 Å². The quantitative estimate of drug-likeness (QED) is 0.470. The van der Waals surface area contributed by atoms with Crippen LogP contribution in [0.3, 0.4) is 0 Å². The van der Waals surface area contributed by atoms with Crippen LogP contribution in [-0.4, -0.2) is 53.8 Å². The zero-order valence-corrected chi connectivity index (χ0v) is 22.1. The molecule has 2 atom stereocenters. The summed E-state index contributed by atoms with van der Waals surface area (Å²) in [6, 6.07) is 12.3. The Morgan fingerprint density at radius 3 is 2.87 bits per heavy atom. The highest BCUT2D eigenvalue weighted by Crippen LogP contribution is 2.28. The first-order valence-electron chi connectivity index (χ1n) is 13.1. The summed E-state index contributed by atoms with van der Waals surface area (Å²) in [7, 11) is 0. The van der Waals surface area contributed by atoms with E-state index in [-0.39, 0.29) is 34.6 Å². The van der Waals surface area contributed by atoms with Gasteiger partial charge in [-0.1, -0.05) is 42.6 Å². The maximum atomic E-state index is 14.6. The van der Waals surface area contributed by atoms with Crippen molar-refractivity contribution >= 4 is 29.1 Å². The molecule has 0 aliphatic carbocycles. The molecular weight excluding hydrogens is 507 g/mol. The fraction of sp³-hybridized carbons (Fsp3) is 0.393. The molecule has 2 amide bonds. The van der Waals surface area contributed by atoms with E-state index in [1.165, 1.54) is 16.9 Å². The molecule has 2 aliphatic rings. The van der Waals surface area contributed by atoms with Gasteiger partial charge in [0.15, 0.2) is 5.82 Å². The summed E-state index contributed by atoms with van der Waals surface area (Å²) in [5.41, 5.74) is 3.04. The second kappa shape index (κ2) is 11.5. The highest BCUT2D eigenvalue weighted by Gasteiger charge is 2.29. The minimum atomic E-state index is -0.585. The van der Waals surface area contributed by atoms with E-state index >= 15 is 0 Å². The van der Waals surface area contributed by atoms with Crippen molar-refractivity contribution in [2.24, 2.45) is 0 Å². The van der Waals surface area contributed by atoms with Crippen molar-refractivity contribution in [1.82, 2.24) is 25.7 Å². The van der Waals surface area contributed by atoms with Gasteiger partial charge < -0.3 is 20.9 Å². The number of amides is 2. The molecule has 0 spiro atoms. The maximum Gasteiger partial charge on any atom is 0.255 e. The van der Waals surface area contributed by atoms with Gasteiger partial charge in [-0.15, -0.1) is 0 Å². The molecular formula is C28H32ClFN6O2. The first-order chi connectivity index (χ1) is 18.4. The molecule has 2 bridgehead atoms. The Bertz CT molecular complexity index is 1330. The van der Waals surface area contributed by atoms with Crippen LogP contribution in [-0.2, 0) is 4.79 Å². The van der Waals surface area contributed by atoms with Crippen LogP contribution < -0.4 is 20.9 Å². The Hall–Kier alpha value is -3.43. The van der Waals surface area contributed by atoms with E-state index in [0.29, 0.717) is 24.3 Å². The zero-order chi connectivity index (χ0) is 26.6. The Kier molecular flexibility index (Phi) is 7.95. The lowest BCUT2D eigenvalue weighted by molar-refractivity contribution is -0.122. The summed E-state index contributed by atoms with van der Waals surface area (Å²) in [6.07, 6.45) is 4.92. The van der Waals surface area contributed by atoms with Crippen molar-refractivity contribution in [2.75, 3.05) is 31.1 Å². The number of nitrogens with zero attached hydrogens (tertiary/aromatic N) is 3. The molecule has 5 rings (SSSR count). The number of nitrogens with one attached hydrogen (secondary N) is 3. The summed E-state index contributed by atoms with van der Waals surface area (Å²) >= 11 is 5.96. The minimum absolute atomic E-state index is 0.00377. The summed E-state index contributed by atoms with van der Waals surface area (Å²) in [6.45, 7) is 4.48. The average molecular weight is 539 g/mol. The summed E-state index contributed by atoms with van der Waals surface area (Å²) in [5, 5.41) is 13.9. The number of carbonyl (C=O) groups is 2. The topological polar surface area (TPSA) is 91.3 Å². The summed E-state index contributed by atoms with van der Waals surface area (Å²) < 4.78 is 16.0. The fourth-order valence-corrected chi connectivity index (χ4v) is 5.41. The lowest BCUT2D eigenvalue weighted by Crippen LogP contribution is -2.58. The number of anilines is 1. The molecule has 2 aliphatic heterocycles. The molecule has 0 radical (unpaired) electrons. The second-order valence-electron chi connectivity index (χ2n) is 9.80. The molecule has 8 nitrogen and oxygen atoms in total. The first kappa shape index (κ1) is 26.2. The van der Waals surface area contributed by atoms with Gasteiger partial charge in [-0.05, 0) is 49.6 Å². The number of hydrogen-bond acceptors (Lipinski definition) is 5. The van der Waals surface area contributed by atoms with Gasteiger partial charge in [0, 0.05) is 31.9 Å². The summed E-state index contributed by atoms with van der Waals surface area (Å²) in [4.78, 5) is 28.5. The van der Waals surface area contributed by atoms with E-state index in [9.17, 15) is 14.0 Å². The van der Waals surface area contributed by atoms with Gasteiger partial charge in [-0.3, -0.25) is 9.59 Å².